The molecule has 0 unspecified atom stereocenters. The zero-order chi connectivity index (χ0) is 11.2. The number of ether oxygens (including phenoxy) is 1. The van der Waals surface area contributed by atoms with Crippen molar-refractivity contribution >= 4 is 11.3 Å². The quantitative estimate of drug-likeness (QED) is 0.699. The van der Waals surface area contributed by atoms with E-state index in [4.69, 9.17) is 4.74 Å². The molecule has 0 aliphatic heterocycles. The highest BCUT2D eigenvalue weighted by molar-refractivity contribution is 7.11. The van der Waals surface area contributed by atoms with Gasteiger partial charge in [0.2, 0.25) is 0 Å². The summed E-state index contributed by atoms with van der Waals surface area (Å²) in [5, 5.41) is 14.2. The van der Waals surface area contributed by atoms with E-state index in [0.717, 1.165) is 48.5 Å². The Kier molecular flexibility index (Phi) is 4.69. The van der Waals surface area contributed by atoms with Crippen molar-refractivity contribution in [3.8, 4) is 0 Å². The first-order chi connectivity index (χ1) is 7.88. The van der Waals surface area contributed by atoms with Crippen LogP contribution in [0.3, 0.4) is 0 Å². The zero-order valence-electron chi connectivity index (χ0n) is 9.74. The topological polar surface area (TPSA) is 47.0 Å². The van der Waals surface area contributed by atoms with Crippen molar-refractivity contribution in [2.45, 2.75) is 38.1 Å². The molecule has 1 heterocycles. The van der Waals surface area contributed by atoms with Crippen molar-refractivity contribution in [1.29, 1.82) is 0 Å². The number of aryl methyl sites for hydroxylation is 1. The summed E-state index contributed by atoms with van der Waals surface area (Å²) in [4.78, 5) is 0. The van der Waals surface area contributed by atoms with Gasteiger partial charge in [0.05, 0.1) is 0 Å². The fourth-order valence-electron chi connectivity index (χ4n) is 1.53. The van der Waals surface area contributed by atoms with Gasteiger partial charge in [0.1, 0.15) is 10.0 Å². The van der Waals surface area contributed by atoms with Crippen LogP contribution in [0.2, 0.25) is 0 Å². The average Bonchev–Trinajstić information content (AvgIpc) is 2.99. The molecule has 1 fully saturated rings. The zero-order valence-corrected chi connectivity index (χ0v) is 10.6. The minimum atomic E-state index is 0.786. The Morgan fingerprint density at radius 2 is 2.06 bits per heavy atom. The highest BCUT2D eigenvalue weighted by Crippen LogP contribution is 2.18. The standard InChI is InChI=1S/C11H19N3OS/c1-15-8-2-3-10-13-14-11(16-10)6-7-12-9-4-5-9/h9,12H,2-8H2,1H3. The highest BCUT2D eigenvalue weighted by Gasteiger charge is 2.19. The Labute approximate surface area is 100 Å². The summed E-state index contributed by atoms with van der Waals surface area (Å²) >= 11 is 1.74. The average molecular weight is 241 g/mol. The van der Waals surface area contributed by atoms with Crippen molar-refractivity contribution in [1.82, 2.24) is 15.5 Å². The second-order valence-electron chi connectivity index (χ2n) is 4.16. The Morgan fingerprint density at radius 1 is 1.31 bits per heavy atom. The number of nitrogens with one attached hydrogen (secondary N) is 1. The minimum Gasteiger partial charge on any atom is -0.385 e. The monoisotopic (exact) mass is 241 g/mol. The normalized spacial score (nSPS) is 15.6. The van der Waals surface area contributed by atoms with Gasteiger partial charge in [0.15, 0.2) is 0 Å². The number of nitrogens with zero attached hydrogens (tertiary/aromatic N) is 2. The lowest BCUT2D eigenvalue weighted by molar-refractivity contribution is 0.195. The van der Waals surface area contributed by atoms with Gasteiger partial charge in [-0.05, 0) is 19.3 Å². The molecule has 0 saturated heterocycles. The molecule has 90 valence electrons. The molecule has 0 bridgehead atoms. The van der Waals surface area contributed by atoms with Crippen LogP contribution in [0.4, 0.5) is 0 Å². The smallest absolute Gasteiger partial charge is 0.118 e. The van der Waals surface area contributed by atoms with E-state index in [9.17, 15) is 0 Å². The van der Waals surface area contributed by atoms with Crippen LogP contribution in [0.1, 0.15) is 29.3 Å². The Morgan fingerprint density at radius 3 is 2.75 bits per heavy atom. The van der Waals surface area contributed by atoms with Gasteiger partial charge in [-0.1, -0.05) is 0 Å². The molecule has 0 atom stereocenters. The first kappa shape index (κ1) is 12.0. The van der Waals surface area contributed by atoms with Gasteiger partial charge in [0, 0.05) is 39.1 Å². The third-order valence-corrected chi connectivity index (χ3v) is 3.64. The van der Waals surface area contributed by atoms with Gasteiger partial charge < -0.3 is 10.1 Å². The first-order valence-electron chi connectivity index (χ1n) is 5.92. The molecule has 0 spiro atoms. The van der Waals surface area contributed by atoms with Gasteiger partial charge in [-0.2, -0.15) is 0 Å². The first-order valence-corrected chi connectivity index (χ1v) is 6.73. The Bertz CT molecular complexity index is 312. The summed E-state index contributed by atoms with van der Waals surface area (Å²) in [7, 11) is 1.73. The van der Waals surface area contributed by atoms with E-state index in [2.05, 4.69) is 15.5 Å². The van der Waals surface area contributed by atoms with E-state index in [1.165, 1.54) is 12.8 Å². The molecule has 1 aromatic rings. The summed E-state index contributed by atoms with van der Waals surface area (Å²) in [5.74, 6) is 0. The van der Waals surface area contributed by atoms with Crippen LogP contribution < -0.4 is 5.32 Å². The number of methoxy groups -OCH3 is 1. The molecule has 1 aromatic heterocycles. The predicted octanol–water partition coefficient (Wildman–Crippen LogP) is 1.41. The number of hydrogen-bond acceptors (Lipinski definition) is 5. The molecule has 5 heteroatoms. The molecular weight excluding hydrogens is 222 g/mol. The molecule has 0 aromatic carbocycles. The Balaban J connectivity index is 1.64. The maximum absolute atomic E-state index is 5.01. The van der Waals surface area contributed by atoms with E-state index in [1.54, 1.807) is 18.4 Å². The molecule has 2 rings (SSSR count). The fourth-order valence-corrected chi connectivity index (χ4v) is 2.41. The van der Waals surface area contributed by atoms with Crippen molar-refractivity contribution in [2.75, 3.05) is 20.3 Å². The van der Waals surface area contributed by atoms with Gasteiger partial charge in [-0.3, -0.25) is 0 Å². The summed E-state index contributed by atoms with van der Waals surface area (Å²) < 4.78 is 5.01. The van der Waals surface area contributed by atoms with Crippen LogP contribution in [-0.2, 0) is 17.6 Å². The second-order valence-corrected chi connectivity index (χ2v) is 5.31. The maximum Gasteiger partial charge on any atom is 0.118 e. The second kappa shape index (κ2) is 6.27. The van der Waals surface area contributed by atoms with E-state index in [0.29, 0.717) is 0 Å². The lowest BCUT2D eigenvalue weighted by Gasteiger charge is -1.97. The summed E-state index contributed by atoms with van der Waals surface area (Å²) in [5.41, 5.74) is 0. The van der Waals surface area contributed by atoms with Crippen molar-refractivity contribution in [3.63, 3.8) is 0 Å². The van der Waals surface area contributed by atoms with E-state index < -0.39 is 0 Å². The highest BCUT2D eigenvalue weighted by atomic mass is 32.1. The van der Waals surface area contributed by atoms with E-state index >= 15 is 0 Å². The molecule has 0 radical (unpaired) electrons. The van der Waals surface area contributed by atoms with Crippen molar-refractivity contribution in [3.05, 3.63) is 10.0 Å². The summed E-state index contributed by atoms with van der Waals surface area (Å²) in [6.07, 6.45) is 5.72. The molecule has 4 nitrogen and oxygen atoms in total. The molecule has 1 aliphatic rings. The van der Waals surface area contributed by atoms with Crippen molar-refractivity contribution in [2.24, 2.45) is 0 Å². The molecular formula is C11H19N3OS. The lowest BCUT2D eigenvalue weighted by Crippen LogP contribution is -2.19. The van der Waals surface area contributed by atoms with Crippen LogP contribution in [0.5, 0.6) is 0 Å². The van der Waals surface area contributed by atoms with Crippen molar-refractivity contribution < 1.29 is 4.74 Å². The van der Waals surface area contributed by atoms with Gasteiger partial charge in [0.25, 0.3) is 0 Å². The van der Waals surface area contributed by atoms with Crippen LogP contribution in [0, 0.1) is 0 Å². The fraction of sp³-hybridized carbons (Fsp3) is 0.818. The summed E-state index contributed by atoms with van der Waals surface area (Å²) in [6, 6.07) is 0.786. The number of rotatable bonds is 8. The van der Waals surface area contributed by atoms with Gasteiger partial charge in [-0.25, -0.2) is 0 Å². The molecule has 1 saturated carbocycles. The lowest BCUT2D eigenvalue weighted by atomic mass is 10.3. The number of aromatic nitrogens is 2. The number of hydrogen-bond donors (Lipinski definition) is 1. The maximum atomic E-state index is 5.01. The molecule has 0 amide bonds. The SMILES string of the molecule is COCCCc1nnc(CCNC2CC2)s1. The van der Waals surface area contributed by atoms with Crippen LogP contribution in [-0.4, -0.2) is 36.5 Å². The van der Waals surface area contributed by atoms with Crippen LogP contribution in [0.25, 0.3) is 0 Å². The Hall–Kier alpha value is -0.520. The van der Waals surface area contributed by atoms with E-state index in [1.807, 2.05) is 0 Å². The molecule has 1 N–H and O–H groups in total. The van der Waals surface area contributed by atoms with Gasteiger partial charge in [-0.15, -0.1) is 21.5 Å². The molecule has 16 heavy (non-hydrogen) atoms. The summed E-state index contributed by atoms with van der Waals surface area (Å²) in [6.45, 7) is 1.84. The van der Waals surface area contributed by atoms with Crippen LogP contribution >= 0.6 is 11.3 Å². The minimum absolute atomic E-state index is 0.786. The predicted molar refractivity (Wildman–Crippen MR) is 64.8 cm³/mol. The van der Waals surface area contributed by atoms with Gasteiger partial charge >= 0.3 is 0 Å². The molecule has 1 aliphatic carbocycles. The third-order valence-electron chi connectivity index (χ3n) is 2.60. The third kappa shape index (κ3) is 4.15. The van der Waals surface area contributed by atoms with E-state index in [-0.39, 0.29) is 0 Å². The van der Waals surface area contributed by atoms with Crippen LogP contribution in [0.15, 0.2) is 0 Å². The largest absolute Gasteiger partial charge is 0.385 e.